The molecule has 0 radical (unpaired) electrons. The van der Waals surface area contributed by atoms with Crippen LogP contribution in [0.3, 0.4) is 0 Å². The molecule has 0 unspecified atom stereocenters. The first-order valence-electron chi connectivity index (χ1n) is 8.38. The van der Waals surface area contributed by atoms with Gasteiger partial charge in [-0.05, 0) is 55.3 Å². The van der Waals surface area contributed by atoms with Crippen molar-refractivity contribution in [2.24, 2.45) is 5.10 Å². The van der Waals surface area contributed by atoms with Crippen molar-refractivity contribution in [1.82, 2.24) is 5.43 Å². The van der Waals surface area contributed by atoms with E-state index >= 15 is 0 Å². The number of hydrogen-bond acceptors (Lipinski definition) is 5. The highest BCUT2D eigenvalue weighted by Gasteiger charge is 2.09. The fourth-order valence-electron chi connectivity index (χ4n) is 2.21. The number of benzene rings is 2. The van der Waals surface area contributed by atoms with Gasteiger partial charge < -0.3 is 14.2 Å². The minimum atomic E-state index is -0.343. The SMILES string of the molecule is CCCOc1ccc(/C(C)=N\NC(=O)c2cc(OC)cc(OC)c2)cc1. The molecule has 0 aromatic heterocycles. The van der Waals surface area contributed by atoms with Crippen LogP contribution in [0.5, 0.6) is 17.2 Å². The predicted molar refractivity (Wildman–Crippen MR) is 101 cm³/mol. The maximum atomic E-state index is 12.3. The molecule has 6 nitrogen and oxygen atoms in total. The van der Waals surface area contributed by atoms with Gasteiger partial charge in [-0.3, -0.25) is 4.79 Å². The van der Waals surface area contributed by atoms with Crippen molar-refractivity contribution in [1.29, 1.82) is 0 Å². The molecule has 0 bridgehead atoms. The highest BCUT2D eigenvalue weighted by atomic mass is 16.5. The van der Waals surface area contributed by atoms with Crippen LogP contribution in [-0.2, 0) is 0 Å². The molecule has 0 aliphatic rings. The summed E-state index contributed by atoms with van der Waals surface area (Å²) < 4.78 is 15.9. The Morgan fingerprint density at radius 3 is 2.12 bits per heavy atom. The number of hydrogen-bond donors (Lipinski definition) is 1. The van der Waals surface area contributed by atoms with Gasteiger partial charge in [0.05, 0.1) is 26.5 Å². The van der Waals surface area contributed by atoms with Gasteiger partial charge in [-0.15, -0.1) is 0 Å². The molecule has 0 saturated carbocycles. The average Bonchev–Trinajstić information content (AvgIpc) is 2.69. The van der Waals surface area contributed by atoms with Gasteiger partial charge in [0.15, 0.2) is 0 Å². The quantitative estimate of drug-likeness (QED) is 0.579. The van der Waals surface area contributed by atoms with Crippen LogP contribution in [-0.4, -0.2) is 32.4 Å². The number of amides is 1. The van der Waals surface area contributed by atoms with Crippen LogP contribution in [0, 0.1) is 0 Å². The molecule has 2 aromatic carbocycles. The van der Waals surface area contributed by atoms with Gasteiger partial charge in [0.1, 0.15) is 17.2 Å². The van der Waals surface area contributed by atoms with Crippen LogP contribution >= 0.6 is 0 Å². The molecule has 1 amide bonds. The van der Waals surface area contributed by atoms with E-state index in [1.165, 1.54) is 14.2 Å². The number of hydrazone groups is 1. The summed E-state index contributed by atoms with van der Waals surface area (Å²) in [7, 11) is 3.07. The zero-order valence-electron chi connectivity index (χ0n) is 15.5. The summed E-state index contributed by atoms with van der Waals surface area (Å²) in [6.07, 6.45) is 0.962. The van der Waals surface area contributed by atoms with Gasteiger partial charge in [-0.1, -0.05) is 6.92 Å². The molecule has 1 N–H and O–H groups in total. The average molecular weight is 356 g/mol. The number of ether oxygens (including phenoxy) is 3. The Hall–Kier alpha value is -3.02. The lowest BCUT2D eigenvalue weighted by molar-refractivity contribution is 0.0954. The Morgan fingerprint density at radius 1 is 0.962 bits per heavy atom. The van der Waals surface area contributed by atoms with E-state index in [2.05, 4.69) is 17.5 Å². The lowest BCUT2D eigenvalue weighted by atomic mass is 10.1. The molecule has 26 heavy (non-hydrogen) atoms. The van der Waals surface area contributed by atoms with Crippen molar-refractivity contribution < 1.29 is 19.0 Å². The van der Waals surface area contributed by atoms with Gasteiger partial charge >= 0.3 is 0 Å². The zero-order valence-corrected chi connectivity index (χ0v) is 15.5. The van der Waals surface area contributed by atoms with Crippen LogP contribution in [0.25, 0.3) is 0 Å². The molecule has 0 heterocycles. The maximum absolute atomic E-state index is 12.3. The maximum Gasteiger partial charge on any atom is 0.271 e. The van der Waals surface area contributed by atoms with Crippen LogP contribution in [0.15, 0.2) is 47.6 Å². The van der Waals surface area contributed by atoms with Crippen molar-refractivity contribution in [3.63, 3.8) is 0 Å². The second-order valence-corrected chi connectivity index (χ2v) is 5.61. The van der Waals surface area contributed by atoms with Crippen LogP contribution < -0.4 is 19.6 Å². The van der Waals surface area contributed by atoms with E-state index in [9.17, 15) is 4.79 Å². The number of methoxy groups -OCH3 is 2. The Labute approximate surface area is 153 Å². The number of nitrogens with zero attached hydrogens (tertiary/aromatic N) is 1. The molecule has 2 rings (SSSR count). The molecule has 0 spiro atoms. The highest BCUT2D eigenvalue weighted by Crippen LogP contribution is 2.22. The first-order chi connectivity index (χ1) is 12.6. The smallest absolute Gasteiger partial charge is 0.271 e. The largest absolute Gasteiger partial charge is 0.497 e. The third-order valence-electron chi connectivity index (χ3n) is 3.68. The first kappa shape index (κ1) is 19.3. The molecule has 0 fully saturated rings. The number of rotatable bonds is 8. The third-order valence-corrected chi connectivity index (χ3v) is 3.68. The number of nitrogens with one attached hydrogen (secondary N) is 1. The molecule has 0 aliphatic heterocycles. The molecule has 0 aliphatic carbocycles. The minimum absolute atomic E-state index is 0.343. The second kappa shape index (κ2) is 9.46. The van der Waals surface area contributed by atoms with Crippen molar-refractivity contribution in [2.75, 3.05) is 20.8 Å². The van der Waals surface area contributed by atoms with Crippen molar-refractivity contribution in [2.45, 2.75) is 20.3 Å². The van der Waals surface area contributed by atoms with E-state index in [0.717, 1.165) is 17.7 Å². The fraction of sp³-hybridized carbons (Fsp3) is 0.300. The lowest BCUT2D eigenvalue weighted by Gasteiger charge is -2.08. The van der Waals surface area contributed by atoms with E-state index in [1.807, 2.05) is 31.2 Å². The lowest BCUT2D eigenvalue weighted by Crippen LogP contribution is -2.19. The molecular formula is C20H24N2O4. The van der Waals surface area contributed by atoms with Gasteiger partial charge in [0, 0.05) is 11.6 Å². The summed E-state index contributed by atoms with van der Waals surface area (Å²) >= 11 is 0. The normalized spacial score (nSPS) is 11.0. The summed E-state index contributed by atoms with van der Waals surface area (Å²) in [5.74, 6) is 1.55. The topological polar surface area (TPSA) is 69.2 Å². The zero-order chi connectivity index (χ0) is 18.9. The summed E-state index contributed by atoms with van der Waals surface area (Å²) in [6, 6.07) is 12.5. The molecule has 138 valence electrons. The summed E-state index contributed by atoms with van der Waals surface area (Å²) in [4.78, 5) is 12.3. The summed E-state index contributed by atoms with van der Waals surface area (Å²) in [6.45, 7) is 4.58. The van der Waals surface area contributed by atoms with Crippen LogP contribution in [0.4, 0.5) is 0 Å². The van der Waals surface area contributed by atoms with Gasteiger partial charge in [-0.2, -0.15) is 5.10 Å². The van der Waals surface area contributed by atoms with E-state index in [1.54, 1.807) is 18.2 Å². The van der Waals surface area contributed by atoms with Crippen LogP contribution in [0.1, 0.15) is 36.2 Å². The van der Waals surface area contributed by atoms with E-state index < -0.39 is 0 Å². The molecule has 0 atom stereocenters. The fourth-order valence-corrected chi connectivity index (χ4v) is 2.21. The molecule has 2 aromatic rings. The first-order valence-corrected chi connectivity index (χ1v) is 8.38. The van der Waals surface area contributed by atoms with Crippen molar-refractivity contribution in [3.8, 4) is 17.2 Å². The van der Waals surface area contributed by atoms with Gasteiger partial charge in [-0.25, -0.2) is 5.43 Å². The summed E-state index contributed by atoms with van der Waals surface area (Å²) in [5.41, 5.74) is 4.55. The standard InChI is InChI=1S/C20H24N2O4/c1-5-10-26-17-8-6-15(7-9-17)14(2)21-22-20(23)16-11-18(24-3)13-19(12-16)25-4/h6-9,11-13H,5,10H2,1-4H3,(H,22,23)/b21-14-. The van der Waals surface area contributed by atoms with Crippen molar-refractivity contribution in [3.05, 3.63) is 53.6 Å². The van der Waals surface area contributed by atoms with E-state index in [0.29, 0.717) is 29.4 Å². The Bertz CT molecular complexity index is 748. The van der Waals surface area contributed by atoms with Gasteiger partial charge in [0.2, 0.25) is 0 Å². The number of carbonyl (C=O) groups excluding carboxylic acids is 1. The van der Waals surface area contributed by atoms with Crippen LogP contribution in [0.2, 0.25) is 0 Å². The molecular weight excluding hydrogens is 332 g/mol. The Morgan fingerprint density at radius 2 is 1.58 bits per heavy atom. The number of carbonyl (C=O) groups is 1. The monoisotopic (exact) mass is 356 g/mol. The third kappa shape index (κ3) is 5.24. The minimum Gasteiger partial charge on any atom is -0.497 e. The van der Waals surface area contributed by atoms with Gasteiger partial charge in [0.25, 0.3) is 5.91 Å². The van der Waals surface area contributed by atoms with E-state index in [-0.39, 0.29) is 5.91 Å². The summed E-state index contributed by atoms with van der Waals surface area (Å²) in [5, 5.41) is 4.17. The van der Waals surface area contributed by atoms with Crippen molar-refractivity contribution >= 4 is 11.6 Å². The predicted octanol–water partition coefficient (Wildman–Crippen LogP) is 3.65. The van der Waals surface area contributed by atoms with E-state index in [4.69, 9.17) is 14.2 Å². The molecule has 6 heteroatoms. The molecule has 0 saturated heterocycles. The second-order valence-electron chi connectivity index (χ2n) is 5.61. The Balaban J connectivity index is 2.07. The highest BCUT2D eigenvalue weighted by molar-refractivity contribution is 6.01. The Kier molecular flexibility index (Phi) is 7.02.